The minimum absolute atomic E-state index is 0.295. The number of nitrogens with one attached hydrogen (secondary N) is 1. The van der Waals surface area contributed by atoms with Crippen molar-refractivity contribution in [2.75, 3.05) is 0 Å². The van der Waals surface area contributed by atoms with Gasteiger partial charge in [-0.05, 0) is 77.6 Å². The van der Waals surface area contributed by atoms with E-state index in [2.05, 4.69) is 74.4 Å². The Labute approximate surface area is 262 Å². The Kier molecular flexibility index (Phi) is 11.2. The molecule has 0 saturated carbocycles. The highest BCUT2D eigenvalue weighted by Crippen LogP contribution is 2.35. The number of fused-ring (bicyclic) bond motifs is 1. The van der Waals surface area contributed by atoms with Gasteiger partial charge in [0.1, 0.15) is 6.61 Å². The van der Waals surface area contributed by atoms with Crippen LogP contribution in [0.15, 0.2) is 91.0 Å². The fourth-order valence-electron chi connectivity index (χ4n) is 6.36. The molecular weight excluding hydrogens is 543 g/mol. The Bertz CT molecular complexity index is 1590. The third kappa shape index (κ3) is 8.16. The lowest BCUT2D eigenvalue weighted by molar-refractivity contribution is 0.290. The van der Waals surface area contributed by atoms with Crippen LogP contribution in [0.2, 0.25) is 0 Å². The number of hydrogen-bond donors (Lipinski definition) is 1. The molecule has 5 rings (SSSR count). The minimum Gasteiger partial charge on any atom is -0.486 e. The second-order valence-electron chi connectivity index (χ2n) is 12.3. The molecule has 1 N–H and O–H groups in total. The SMILES string of the molecule is CCCCCCC(CCC(C)c1n[nH]c2cc(-c3cc(F)c(OCc4ccccc4)cc3CC)ccc12)Cc1ccccc1. The molecule has 230 valence electrons. The Morgan fingerprint density at radius 3 is 2.27 bits per heavy atom. The van der Waals surface area contributed by atoms with E-state index in [4.69, 9.17) is 9.84 Å². The summed E-state index contributed by atoms with van der Waals surface area (Å²) in [6.07, 6.45) is 10.8. The number of aromatic nitrogens is 2. The summed E-state index contributed by atoms with van der Waals surface area (Å²) < 4.78 is 21.1. The number of H-pyrrole nitrogens is 1. The van der Waals surface area contributed by atoms with E-state index < -0.39 is 0 Å². The number of halogens is 1. The summed E-state index contributed by atoms with van der Waals surface area (Å²) in [7, 11) is 0. The van der Waals surface area contributed by atoms with Crippen LogP contribution in [0.25, 0.3) is 22.0 Å². The zero-order valence-corrected chi connectivity index (χ0v) is 26.6. The molecule has 2 atom stereocenters. The normalized spacial score (nSPS) is 12.8. The molecule has 4 aromatic carbocycles. The third-order valence-electron chi connectivity index (χ3n) is 8.99. The Morgan fingerprint density at radius 1 is 0.795 bits per heavy atom. The van der Waals surface area contributed by atoms with Gasteiger partial charge in [0.2, 0.25) is 0 Å². The average Bonchev–Trinajstić information content (AvgIpc) is 3.49. The lowest BCUT2D eigenvalue weighted by atomic mass is 9.86. The van der Waals surface area contributed by atoms with Crippen LogP contribution in [0.4, 0.5) is 4.39 Å². The van der Waals surface area contributed by atoms with Crippen LogP contribution in [0.3, 0.4) is 0 Å². The van der Waals surface area contributed by atoms with Crippen LogP contribution in [0, 0.1) is 11.7 Å². The van der Waals surface area contributed by atoms with E-state index in [0.717, 1.165) is 58.1 Å². The van der Waals surface area contributed by atoms with Gasteiger partial charge in [-0.3, -0.25) is 5.10 Å². The summed E-state index contributed by atoms with van der Waals surface area (Å²) in [5.74, 6) is 1.000. The molecule has 0 bridgehead atoms. The van der Waals surface area contributed by atoms with Crippen LogP contribution in [0.5, 0.6) is 5.75 Å². The van der Waals surface area contributed by atoms with Gasteiger partial charge < -0.3 is 4.74 Å². The quantitative estimate of drug-likeness (QED) is 0.116. The highest BCUT2D eigenvalue weighted by molar-refractivity contribution is 5.87. The average molecular weight is 591 g/mol. The van der Waals surface area contributed by atoms with Crippen LogP contribution in [-0.2, 0) is 19.4 Å². The van der Waals surface area contributed by atoms with Crippen LogP contribution >= 0.6 is 0 Å². The first kappa shape index (κ1) is 31.5. The van der Waals surface area contributed by atoms with Gasteiger partial charge in [-0.2, -0.15) is 5.10 Å². The fourth-order valence-corrected chi connectivity index (χ4v) is 6.36. The van der Waals surface area contributed by atoms with Crippen LogP contribution < -0.4 is 4.74 Å². The summed E-state index contributed by atoms with van der Waals surface area (Å²) in [6, 6.07) is 30.7. The van der Waals surface area contributed by atoms with Crippen LogP contribution in [0.1, 0.15) is 94.0 Å². The first-order valence-corrected chi connectivity index (χ1v) is 16.6. The van der Waals surface area contributed by atoms with Gasteiger partial charge in [-0.1, -0.05) is 126 Å². The zero-order valence-electron chi connectivity index (χ0n) is 26.6. The molecule has 0 aliphatic carbocycles. The van der Waals surface area contributed by atoms with Crippen molar-refractivity contribution in [3.63, 3.8) is 0 Å². The van der Waals surface area contributed by atoms with E-state index in [1.165, 1.54) is 44.1 Å². The van der Waals surface area contributed by atoms with Crippen molar-refractivity contribution in [3.05, 3.63) is 119 Å². The predicted octanol–water partition coefficient (Wildman–Crippen LogP) is 11.2. The van der Waals surface area contributed by atoms with E-state index in [-0.39, 0.29) is 5.82 Å². The number of ether oxygens (including phenoxy) is 1. The molecule has 0 saturated heterocycles. The Hall–Kier alpha value is -3.92. The van der Waals surface area contributed by atoms with Gasteiger partial charge in [0, 0.05) is 11.3 Å². The highest BCUT2D eigenvalue weighted by Gasteiger charge is 2.18. The highest BCUT2D eigenvalue weighted by atomic mass is 19.1. The van der Waals surface area contributed by atoms with E-state index >= 15 is 4.39 Å². The van der Waals surface area contributed by atoms with Gasteiger partial charge in [-0.25, -0.2) is 4.39 Å². The maximum atomic E-state index is 15.2. The molecule has 0 fully saturated rings. The number of aryl methyl sites for hydroxylation is 1. The predicted molar refractivity (Wildman–Crippen MR) is 182 cm³/mol. The molecule has 0 spiro atoms. The van der Waals surface area contributed by atoms with Gasteiger partial charge in [0.15, 0.2) is 11.6 Å². The monoisotopic (exact) mass is 590 g/mol. The molecule has 3 nitrogen and oxygen atoms in total. The van der Waals surface area contributed by atoms with Crippen molar-refractivity contribution >= 4 is 10.9 Å². The molecule has 0 aliphatic rings. The second-order valence-corrected chi connectivity index (χ2v) is 12.3. The second kappa shape index (κ2) is 15.7. The number of aromatic amines is 1. The standard InChI is InChI=1S/C40H47FN2O/c1-4-6-7-10-17-31(24-30-15-11-8-12-16-30)21-20-29(3)40-35-23-22-34(25-38(35)42-43-40)36-27-37(41)39(26-33(36)5-2)44-28-32-18-13-9-14-19-32/h8-9,11-16,18-19,22-23,25-27,29,31H,4-7,10,17,20-21,24,28H2,1-3H3,(H,42,43). The van der Waals surface area contributed by atoms with Gasteiger partial charge >= 0.3 is 0 Å². The third-order valence-corrected chi connectivity index (χ3v) is 8.99. The largest absolute Gasteiger partial charge is 0.486 e. The summed E-state index contributed by atoms with van der Waals surface area (Å²) >= 11 is 0. The molecule has 4 heteroatoms. The first-order chi connectivity index (χ1) is 21.6. The number of benzene rings is 4. The zero-order chi connectivity index (χ0) is 30.7. The van der Waals surface area contributed by atoms with E-state index in [9.17, 15) is 0 Å². The molecule has 0 radical (unpaired) electrons. The molecule has 0 amide bonds. The molecule has 1 aromatic heterocycles. The Balaban J connectivity index is 1.28. The molecular formula is C40H47FN2O. The molecule has 1 heterocycles. The van der Waals surface area contributed by atoms with Crippen molar-refractivity contribution in [1.82, 2.24) is 10.2 Å². The van der Waals surface area contributed by atoms with Crippen LogP contribution in [-0.4, -0.2) is 10.2 Å². The topological polar surface area (TPSA) is 37.9 Å². The summed E-state index contributed by atoms with van der Waals surface area (Å²) in [4.78, 5) is 0. The van der Waals surface area contributed by atoms with Crippen molar-refractivity contribution < 1.29 is 9.13 Å². The molecule has 2 unspecified atom stereocenters. The van der Waals surface area contributed by atoms with Gasteiger partial charge in [-0.15, -0.1) is 0 Å². The number of nitrogens with zero attached hydrogens (tertiary/aromatic N) is 1. The number of hydrogen-bond acceptors (Lipinski definition) is 2. The maximum Gasteiger partial charge on any atom is 0.165 e. The minimum atomic E-state index is -0.341. The maximum absolute atomic E-state index is 15.2. The van der Waals surface area contributed by atoms with E-state index in [1.807, 2.05) is 36.4 Å². The molecule has 0 aliphatic heterocycles. The lowest BCUT2D eigenvalue weighted by Crippen LogP contribution is -2.07. The Morgan fingerprint density at radius 2 is 1.55 bits per heavy atom. The van der Waals surface area contributed by atoms with E-state index in [1.54, 1.807) is 6.07 Å². The van der Waals surface area contributed by atoms with Crippen molar-refractivity contribution in [2.24, 2.45) is 5.92 Å². The number of rotatable bonds is 16. The lowest BCUT2D eigenvalue weighted by Gasteiger charge is -2.19. The summed E-state index contributed by atoms with van der Waals surface area (Å²) in [5, 5.41) is 9.23. The van der Waals surface area contributed by atoms with Gasteiger partial charge in [0.05, 0.1) is 11.2 Å². The first-order valence-electron chi connectivity index (χ1n) is 16.6. The fraction of sp³-hybridized carbons (Fsp3) is 0.375. The molecule has 44 heavy (non-hydrogen) atoms. The molecule has 5 aromatic rings. The smallest absolute Gasteiger partial charge is 0.165 e. The van der Waals surface area contributed by atoms with Crippen molar-refractivity contribution in [2.45, 2.75) is 91.1 Å². The number of unbranched alkanes of at least 4 members (excludes halogenated alkanes) is 3. The summed E-state index contributed by atoms with van der Waals surface area (Å²) in [5.41, 5.74) is 7.53. The van der Waals surface area contributed by atoms with Crippen molar-refractivity contribution in [3.8, 4) is 16.9 Å². The van der Waals surface area contributed by atoms with E-state index in [0.29, 0.717) is 24.2 Å². The summed E-state index contributed by atoms with van der Waals surface area (Å²) in [6.45, 7) is 7.02. The van der Waals surface area contributed by atoms with Gasteiger partial charge in [0.25, 0.3) is 0 Å². The van der Waals surface area contributed by atoms with Crippen molar-refractivity contribution in [1.29, 1.82) is 0 Å².